The van der Waals surface area contributed by atoms with Crippen molar-refractivity contribution in [3.8, 4) is 0 Å². The molecular formula is C20H23N3O3. The lowest BCUT2D eigenvalue weighted by Gasteiger charge is -2.35. The Morgan fingerprint density at radius 1 is 1.23 bits per heavy atom. The SMILES string of the molecule is O=C(O)c1ccc([C@H]2CCCN(C(=O)C3(Cn4cccn4)CC3)C2)cc1. The van der Waals surface area contributed by atoms with Crippen molar-refractivity contribution in [3.05, 3.63) is 53.9 Å². The molecule has 0 radical (unpaired) electrons. The minimum atomic E-state index is -0.911. The first-order valence-corrected chi connectivity index (χ1v) is 9.17. The monoisotopic (exact) mass is 353 g/mol. The largest absolute Gasteiger partial charge is 0.478 e. The molecule has 1 atom stereocenters. The van der Waals surface area contributed by atoms with Gasteiger partial charge in [0.05, 0.1) is 17.5 Å². The summed E-state index contributed by atoms with van der Waals surface area (Å²) >= 11 is 0. The summed E-state index contributed by atoms with van der Waals surface area (Å²) in [5, 5.41) is 13.3. The first-order valence-electron chi connectivity index (χ1n) is 9.17. The summed E-state index contributed by atoms with van der Waals surface area (Å²) in [6, 6.07) is 8.97. The molecule has 1 aliphatic carbocycles. The van der Waals surface area contributed by atoms with Crippen molar-refractivity contribution in [1.29, 1.82) is 0 Å². The minimum absolute atomic E-state index is 0.250. The number of rotatable bonds is 5. The number of carbonyl (C=O) groups is 2. The number of aromatic nitrogens is 2. The molecule has 0 bridgehead atoms. The highest BCUT2D eigenvalue weighted by Gasteiger charge is 2.52. The van der Waals surface area contributed by atoms with Crippen LogP contribution in [0, 0.1) is 5.41 Å². The van der Waals surface area contributed by atoms with Gasteiger partial charge in [0.1, 0.15) is 0 Å². The van der Waals surface area contributed by atoms with Gasteiger partial charge in [0.25, 0.3) is 0 Å². The van der Waals surface area contributed by atoms with E-state index in [2.05, 4.69) is 5.10 Å². The van der Waals surface area contributed by atoms with E-state index in [0.717, 1.165) is 37.8 Å². The van der Waals surface area contributed by atoms with E-state index >= 15 is 0 Å². The number of nitrogens with zero attached hydrogens (tertiary/aromatic N) is 3. The molecule has 1 saturated carbocycles. The second-order valence-corrected chi connectivity index (χ2v) is 7.50. The summed E-state index contributed by atoms with van der Waals surface area (Å²) in [5.74, 6) is -0.387. The van der Waals surface area contributed by atoms with Crippen LogP contribution in [-0.4, -0.2) is 44.8 Å². The molecule has 1 aromatic heterocycles. The number of aromatic carboxylic acids is 1. The summed E-state index contributed by atoms with van der Waals surface area (Å²) < 4.78 is 1.86. The first-order chi connectivity index (χ1) is 12.6. The fourth-order valence-electron chi connectivity index (χ4n) is 3.96. The highest BCUT2D eigenvalue weighted by Crippen LogP contribution is 2.49. The fraction of sp³-hybridized carbons (Fsp3) is 0.450. The summed E-state index contributed by atoms with van der Waals surface area (Å²) in [5.41, 5.74) is 1.14. The molecule has 1 N–H and O–H groups in total. The van der Waals surface area contributed by atoms with Gasteiger partial charge in [-0.2, -0.15) is 5.10 Å². The Morgan fingerprint density at radius 3 is 2.62 bits per heavy atom. The maximum Gasteiger partial charge on any atom is 0.335 e. The molecule has 6 nitrogen and oxygen atoms in total. The standard InChI is InChI=1S/C20H23N3O3/c24-18(25)16-6-4-15(5-7-16)17-3-1-11-22(13-17)19(26)20(8-9-20)14-23-12-2-10-21-23/h2,4-7,10,12,17H,1,3,8-9,11,13-14H2,(H,24,25)/t17-/m0/s1. The summed E-state index contributed by atoms with van der Waals surface area (Å²) in [7, 11) is 0. The van der Waals surface area contributed by atoms with Crippen LogP contribution in [0.1, 0.15) is 47.5 Å². The van der Waals surface area contributed by atoms with Crippen molar-refractivity contribution in [3.63, 3.8) is 0 Å². The molecule has 2 aliphatic rings. The number of hydrogen-bond donors (Lipinski definition) is 1. The summed E-state index contributed by atoms with van der Waals surface area (Å²) in [6.45, 7) is 2.18. The highest BCUT2D eigenvalue weighted by atomic mass is 16.4. The molecule has 6 heteroatoms. The molecule has 4 rings (SSSR count). The van der Waals surface area contributed by atoms with E-state index in [-0.39, 0.29) is 17.2 Å². The van der Waals surface area contributed by atoms with Gasteiger partial charge in [0.15, 0.2) is 0 Å². The molecule has 2 fully saturated rings. The van der Waals surface area contributed by atoms with Crippen LogP contribution in [0.2, 0.25) is 0 Å². The van der Waals surface area contributed by atoms with Crippen molar-refractivity contribution in [1.82, 2.24) is 14.7 Å². The quantitative estimate of drug-likeness (QED) is 0.897. The smallest absolute Gasteiger partial charge is 0.335 e. The average molecular weight is 353 g/mol. The summed E-state index contributed by atoms with van der Waals surface area (Å²) in [6.07, 6.45) is 7.53. The average Bonchev–Trinajstić information content (AvgIpc) is 3.26. The Kier molecular flexibility index (Phi) is 4.26. The van der Waals surface area contributed by atoms with Crippen LogP contribution in [-0.2, 0) is 11.3 Å². The lowest BCUT2D eigenvalue weighted by molar-refractivity contribution is -0.139. The van der Waals surface area contributed by atoms with Crippen LogP contribution in [0.4, 0.5) is 0 Å². The number of carboxylic acid groups (broad SMARTS) is 1. The van der Waals surface area contributed by atoms with Crippen LogP contribution in [0.3, 0.4) is 0 Å². The van der Waals surface area contributed by atoms with E-state index < -0.39 is 5.97 Å². The van der Waals surface area contributed by atoms with Gasteiger partial charge in [-0.05, 0) is 49.4 Å². The van der Waals surface area contributed by atoms with Gasteiger partial charge < -0.3 is 10.0 Å². The molecule has 26 heavy (non-hydrogen) atoms. The molecule has 0 spiro atoms. The first kappa shape index (κ1) is 16.8. The Labute approximate surface area is 152 Å². The van der Waals surface area contributed by atoms with E-state index in [1.165, 1.54) is 0 Å². The highest BCUT2D eigenvalue weighted by molar-refractivity contribution is 5.87. The number of benzene rings is 1. The van der Waals surface area contributed by atoms with Gasteiger partial charge >= 0.3 is 5.97 Å². The third kappa shape index (κ3) is 3.23. The minimum Gasteiger partial charge on any atom is -0.478 e. The number of hydrogen-bond acceptors (Lipinski definition) is 3. The predicted octanol–water partition coefficient (Wildman–Crippen LogP) is 2.77. The van der Waals surface area contributed by atoms with Gasteiger partial charge in [0.2, 0.25) is 5.91 Å². The van der Waals surface area contributed by atoms with Crippen LogP contribution in [0.25, 0.3) is 0 Å². The number of likely N-dealkylation sites (tertiary alicyclic amines) is 1. The molecular weight excluding hydrogens is 330 g/mol. The maximum atomic E-state index is 13.1. The zero-order valence-corrected chi connectivity index (χ0v) is 14.7. The van der Waals surface area contributed by atoms with Crippen molar-refractivity contribution in [2.75, 3.05) is 13.1 Å². The van der Waals surface area contributed by atoms with Gasteiger partial charge in [-0.25, -0.2) is 4.79 Å². The second-order valence-electron chi connectivity index (χ2n) is 7.50. The number of carbonyl (C=O) groups excluding carboxylic acids is 1. The summed E-state index contributed by atoms with van der Waals surface area (Å²) in [4.78, 5) is 26.2. The van der Waals surface area contributed by atoms with E-state index in [9.17, 15) is 9.59 Å². The lowest BCUT2D eigenvalue weighted by Crippen LogP contribution is -2.44. The Bertz CT molecular complexity index is 794. The lowest BCUT2D eigenvalue weighted by atomic mass is 9.89. The zero-order chi connectivity index (χ0) is 18.1. The van der Waals surface area contributed by atoms with Crippen LogP contribution < -0.4 is 0 Å². The number of piperidine rings is 1. The van der Waals surface area contributed by atoms with E-state index in [4.69, 9.17) is 5.11 Å². The van der Waals surface area contributed by atoms with Crippen LogP contribution in [0.15, 0.2) is 42.7 Å². The topological polar surface area (TPSA) is 75.4 Å². The number of amides is 1. The third-order valence-corrected chi connectivity index (χ3v) is 5.67. The van der Waals surface area contributed by atoms with Crippen LogP contribution >= 0.6 is 0 Å². The Hall–Kier alpha value is -2.63. The molecule has 2 heterocycles. The molecule has 136 valence electrons. The fourth-order valence-corrected chi connectivity index (χ4v) is 3.96. The van der Waals surface area contributed by atoms with Gasteiger partial charge in [-0.1, -0.05) is 12.1 Å². The predicted molar refractivity (Wildman–Crippen MR) is 95.9 cm³/mol. The molecule has 0 unspecified atom stereocenters. The molecule has 1 aromatic carbocycles. The van der Waals surface area contributed by atoms with Crippen molar-refractivity contribution >= 4 is 11.9 Å². The van der Waals surface area contributed by atoms with Crippen LogP contribution in [0.5, 0.6) is 0 Å². The van der Waals surface area contributed by atoms with Crippen molar-refractivity contribution in [2.45, 2.75) is 38.1 Å². The van der Waals surface area contributed by atoms with Gasteiger partial charge in [0, 0.05) is 31.4 Å². The molecule has 2 aromatic rings. The molecule has 1 saturated heterocycles. The second kappa shape index (κ2) is 6.59. The Morgan fingerprint density at radius 2 is 2.00 bits per heavy atom. The normalized spacial score (nSPS) is 21.4. The zero-order valence-electron chi connectivity index (χ0n) is 14.7. The van der Waals surface area contributed by atoms with Gasteiger partial charge in [-0.15, -0.1) is 0 Å². The van der Waals surface area contributed by atoms with Crippen molar-refractivity contribution < 1.29 is 14.7 Å². The van der Waals surface area contributed by atoms with Gasteiger partial charge in [-0.3, -0.25) is 9.48 Å². The van der Waals surface area contributed by atoms with Crippen molar-refractivity contribution in [2.24, 2.45) is 5.41 Å². The molecule has 1 aliphatic heterocycles. The van der Waals surface area contributed by atoms with E-state index in [1.54, 1.807) is 18.3 Å². The maximum absolute atomic E-state index is 13.1. The Balaban J connectivity index is 1.44. The molecule has 1 amide bonds. The number of carboxylic acids is 1. The third-order valence-electron chi connectivity index (χ3n) is 5.67. The van der Waals surface area contributed by atoms with E-state index in [0.29, 0.717) is 18.7 Å². The van der Waals surface area contributed by atoms with E-state index in [1.807, 2.05) is 34.0 Å².